The molecular formula is C13H14BrClN2S. The molecule has 0 aromatic carbocycles. The van der Waals surface area contributed by atoms with Gasteiger partial charge in [-0.2, -0.15) is 0 Å². The summed E-state index contributed by atoms with van der Waals surface area (Å²) in [5, 5.41) is 0.488. The first-order valence-electron chi connectivity index (χ1n) is 5.76. The van der Waals surface area contributed by atoms with Crippen LogP contribution in [0.2, 0.25) is 5.15 Å². The Morgan fingerprint density at radius 1 is 1.33 bits per heavy atom. The lowest BCUT2D eigenvalue weighted by molar-refractivity contribution is 0.632. The summed E-state index contributed by atoms with van der Waals surface area (Å²) in [5.41, 5.74) is 0.978. The van der Waals surface area contributed by atoms with Gasteiger partial charge >= 0.3 is 0 Å². The molecule has 0 fully saturated rings. The summed E-state index contributed by atoms with van der Waals surface area (Å²) in [6.45, 7) is 6.40. The molecular weight excluding hydrogens is 332 g/mol. The van der Waals surface area contributed by atoms with Crippen molar-refractivity contribution in [3.8, 4) is 10.7 Å². The average Bonchev–Trinajstić information content (AvgIpc) is 2.70. The Balaban J connectivity index is 2.46. The fourth-order valence-corrected chi connectivity index (χ4v) is 2.98. The minimum absolute atomic E-state index is 0.488. The van der Waals surface area contributed by atoms with Gasteiger partial charge in [-0.15, -0.1) is 11.3 Å². The van der Waals surface area contributed by atoms with Gasteiger partial charge < -0.3 is 0 Å². The summed E-state index contributed by atoms with van der Waals surface area (Å²) < 4.78 is 0.815. The number of hydrogen-bond acceptors (Lipinski definition) is 3. The molecule has 0 unspecified atom stereocenters. The summed E-state index contributed by atoms with van der Waals surface area (Å²) in [6, 6.07) is 4.11. The maximum absolute atomic E-state index is 6.17. The number of rotatable bonds is 3. The molecule has 0 N–H and O–H groups in total. The number of aryl methyl sites for hydroxylation is 1. The third kappa shape index (κ3) is 3.11. The first-order chi connectivity index (χ1) is 8.47. The van der Waals surface area contributed by atoms with Crippen LogP contribution in [0.1, 0.15) is 24.4 Å². The van der Waals surface area contributed by atoms with Gasteiger partial charge in [0.15, 0.2) is 5.82 Å². The normalized spacial score (nSPS) is 11.2. The molecule has 2 heterocycles. The summed E-state index contributed by atoms with van der Waals surface area (Å²) in [5.74, 6) is 1.25. The Bertz CT molecular complexity index is 566. The van der Waals surface area contributed by atoms with E-state index in [9.17, 15) is 0 Å². The summed E-state index contributed by atoms with van der Waals surface area (Å²) in [7, 11) is 0. The van der Waals surface area contributed by atoms with Gasteiger partial charge in [0.25, 0.3) is 0 Å². The van der Waals surface area contributed by atoms with E-state index in [2.05, 4.69) is 52.7 Å². The molecule has 0 radical (unpaired) electrons. The van der Waals surface area contributed by atoms with Gasteiger partial charge in [-0.3, -0.25) is 0 Å². The smallest absolute Gasteiger partial charge is 0.171 e. The summed E-state index contributed by atoms with van der Waals surface area (Å²) in [4.78, 5) is 11.3. The maximum atomic E-state index is 6.17. The molecule has 5 heteroatoms. The zero-order valence-electron chi connectivity index (χ0n) is 10.5. The third-order valence-corrected chi connectivity index (χ3v) is 4.77. The minimum Gasteiger partial charge on any atom is -0.231 e. The van der Waals surface area contributed by atoms with Crippen LogP contribution < -0.4 is 0 Å². The Morgan fingerprint density at radius 3 is 2.61 bits per heavy atom. The predicted molar refractivity (Wildman–Crippen MR) is 81.3 cm³/mol. The Morgan fingerprint density at radius 2 is 2.06 bits per heavy atom. The second kappa shape index (κ2) is 5.68. The van der Waals surface area contributed by atoms with Crippen molar-refractivity contribution in [2.24, 2.45) is 5.92 Å². The van der Waals surface area contributed by atoms with Gasteiger partial charge in [0.2, 0.25) is 0 Å². The molecule has 2 nitrogen and oxygen atoms in total. The molecule has 96 valence electrons. The first kappa shape index (κ1) is 14.0. The molecule has 18 heavy (non-hydrogen) atoms. The number of nitrogens with zero attached hydrogens (tertiary/aromatic N) is 2. The van der Waals surface area contributed by atoms with Gasteiger partial charge in [-0.1, -0.05) is 25.4 Å². The van der Waals surface area contributed by atoms with Gasteiger partial charge in [0, 0.05) is 4.88 Å². The van der Waals surface area contributed by atoms with Crippen LogP contribution in [0.5, 0.6) is 0 Å². The monoisotopic (exact) mass is 344 g/mol. The molecule has 0 aliphatic heterocycles. The van der Waals surface area contributed by atoms with Gasteiger partial charge in [0.05, 0.1) is 15.0 Å². The molecule has 0 bridgehead atoms. The summed E-state index contributed by atoms with van der Waals surface area (Å²) in [6.07, 6.45) is 0.889. The molecule has 0 atom stereocenters. The molecule has 0 saturated heterocycles. The van der Waals surface area contributed by atoms with Crippen molar-refractivity contribution in [3.63, 3.8) is 0 Å². The van der Waals surface area contributed by atoms with E-state index in [0.29, 0.717) is 11.1 Å². The number of halogens is 2. The van der Waals surface area contributed by atoms with Gasteiger partial charge in [0.1, 0.15) is 5.15 Å². The predicted octanol–water partition coefficient (Wildman–Crippen LogP) is 5.13. The van der Waals surface area contributed by atoms with Crippen LogP contribution in [0.25, 0.3) is 10.7 Å². The van der Waals surface area contributed by atoms with Crippen LogP contribution in [0, 0.1) is 12.8 Å². The SMILES string of the molecule is Cc1ccc(-c2nc(Cl)c(Br)c(CC(C)C)n2)s1. The van der Waals surface area contributed by atoms with E-state index in [1.807, 2.05) is 6.07 Å². The zero-order valence-corrected chi connectivity index (χ0v) is 13.7. The van der Waals surface area contributed by atoms with Crippen molar-refractivity contribution < 1.29 is 0 Å². The maximum Gasteiger partial charge on any atom is 0.171 e. The quantitative estimate of drug-likeness (QED) is 0.721. The van der Waals surface area contributed by atoms with E-state index < -0.39 is 0 Å². The van der Waals surface area contributed by atoms with Crippen molar-refractivity contribution >= 4 is 38.9 Å². The van der Waals surface area contributed by atoms with E-state index in [-0.39, 0.29) is 0 Å². The van der Waals surface area contributed by atoms with E-state index in [0.717, 1.165) is 27.3 Å². The fraction of sp³-hybridized carbons (Fsp3) is 0.385. The lowest BCUT2D eigenvalue weighted by Gasteiger charge is -2.09. The van der Waals surface area contributed by atoms with Crippen LogP contribution in [-0.4, -0.2) is 9.97 Å². The molecule has 2 aromatic heterocycles. The second-order valence-corrected chi connectivity index (χ2v) is 7.05. The number of hydrogen-bond donors (Lipinski definition) is 0. The van der Waals surface area contributed by atoms with Crippen molar-refractivity contribution in [3.05, 3.63) is 32.3 Å². The molecule has 2 rings (SSSR count). The lowest BCUT2D eigenvalue weighted by Crippen LogP contribution is -2.02. The van der Waals surface area contributed by atoms with E-state index >= 15 is 0 Å². The van der Waals surface area contributed by atoms with Crippen molar-refractivity contribution in [1.82, 2.24) is 9.97 Å². The highest BCUT2D eigenvalue weighted by Gasteiger charge is 2.14. The van der Waals surface area contributed by atoms with Crippen LogP contribution >= 0.6 is 38.9 Å². The third-order valence-electron chi connectivity index (χ3n) is 2.44. The highest BCUT2D eigenvalue weighted by molar-refractivity contribution is 9.10. The Kier molecular flexibility index (Phi) is 4.41. The molecule has 0 saturated carbocycles. The molecule has 0 aliphatic rings. The first-order valence-corrected chi connectivity index (χ1v) is 7.75. The minimum atomic E-state index is 0.488. The average molecular weight is 346 g/mol. The van der Waals surface area contributed by atoms with Crippen LogP contribution in [0.3, 0.4) is 0 Å². The Labute approximate surface area is 125 Å². The molecule has 0 aliphatic carbocycles. The van der Waals surface area contributed by atoms with E-state index in [1.54, 1.807) is 11.3 Å². The van der Waals surface area contributed by atoms with Crippen LogP contribution in [0.15, 0.2) is 16.6 Å². The van der Waals surface area contributed by atoms with E-state index in [1.165, 1.54) is 4.88 Å². The van der Waals surface area contributed by atoms with Crippen molar-refractivity contribution in [2.75, 3.05) is 0 Å². The highest BCUT2D eigenvalue weighted by Crippen LogP contribution is 2.31. The topological polar surface area (TPSA) is 25.8 Å². The lowest BCUT2D eigenvalue weighted by atomic mass is 10.1. The Hall–Kier alpha value is -0.450. The van der Waals surface area contributed by atoms with Crippen molar-refractivity contribution in [1.29, 1.82) is 0 Å². The fourth-order valence-electron chi connectivity index (χ4n) is 1.65. The second-order valence-electron chi connectivity index (χ2n) is 4.61. The van der Waals surface area contributed by atoms with E-state index in [4.69, 9.17) is 11.6 Å². The number of aromatic nitrogens is 2. The number of thiophene rings is 1. The van der Waals surface area contributed by atoms with Gasteiger partial charge in [-0.05, 0) is 47.3 Å². The van der Waals surface area contributed by atoms with Crippen LogP contribution in [0.4, 0.5) is 0 Å². The molecule has 0 amide bonds. The van der Waals surface area contributed by atoms with Crippen LogP contribution in [-0.2, 0) is 6.42 Å². The largest absolute Gasteiger partial charge is 0.231 e. The molecule has 0 spiro atoms. The van der Waals surface area contributed by atoms with Gasteiger partial charge in [-0.25, -0.2) is 9.97 Å². The standard InChI is InChI=1S/C13H14BrClN2S/c1-7(2)6-9-11(14)12(15)17-13(16-9)10-5-4-8(3)18-10/h4-5,7H,6H2,1-3H3. The molecule has 2 aromatic rings. The zero-order chi connectivity index (χ0) is 13.3. The summed E-state index contributed by atoms with van der Waals surface area (Å²) >= 11 is 11.3. The van der Waals surface area contributed by atoms with Crippen molar-refractivity contribution in [2.45, 2.75) is 27.2 Å². The highest BCUT2D eigenvalue weighted by atomic mass is 79.9.